The molecular formula is C29H48O6. The fourth-order valence-electron chi connectivity index (χ4n) is 3.81. The zero-order chi connectivity index (χ0) is 26.5. The van der Waals surface area contributed by atoms with Gasteiger partial charge in [0.25, 0.3) is 0 Å². The monoisotopic (exact) mass is 492 g/mol. The zero-order valence-electron chi connectivity index (χ0n) is 22.9. The number of benzene rings is 1. The van der Waals surface area contributed by atoms with Crippen LogP contribution in [0.1, 0.15) is 104 Å². The van der Waals surface area contributed by atoms with E-state index in [2.05, 4.69) is 13.8 Å². The van der Waals surface area contributed by atoms with Crippen LogP contribution >= 0.6 is 0 Å². The molecule has 0 aliphatic rings. The Bertz CT molecular complexity index is 702. The summed E-state index contributed by atoms with van der Waals surface area (Å²) in [4.78, 5) is 35.1. The predicted octanol–water partition coefficient (Wildman–Crippen LogP) is 6.63. The van der Waals surface area contributed by atoms with E-state index >= 15 is 0 Å². The van der Waals surface area contributed by atoms with Gasteiger partial charge >= 0.3 is 5.97 Å². The minimum Gasteiger partial charge on any atom is -0.461 e. The molecule has 0 aromatic heterocycles. The van der Waals surface area contributed by atoms with Gasteiger partial charge in [-0.3, -0.25) is 14.4 Å². The van der Waals surface area contributed by atoms with Gasteiger partial charge in [0, 0.05) is 14.2 Å². The van der Waals surface area contributed by atoms with Crippen molar-refractivity contribution in [3.05, 3.63) is 35.9 Å². The molecule has 0 aliphatic carbocycles. The molecule has 0 radical (unpaired) electrons. The van der Waals surface area contributed by atoms with Crippen LogP contribution in [0.3, 0.4) is 0 Å². The first-order valence-electron chi connectivity index (χ1n) is 13.0. The lowest BCUT2D eigenvalue weighted by atomic mass is 9.88. The third-order valence-electron chi connectivity index (χ3n) is 6.20. The molecule has 0 N–H and O–H groups in total. The van der Waals surface area contributed by atoms with Crippen LogP contribution in [0.2, 0.25) is 0 Å². The molecule has 0 saturated heterocycles. The van der Waals surface area contributed by atoms with E-state index in [9.17, 15) is 14.4 Å². The first kappa shape index (κ1) is 33.0. The zero-order valence-corrected chi connectivity index (χ0v) is 22.9. The summed E-state index contributed by atoms with van der Waals surface area (Å²) >= 11 is 0. The summed E-state index contributed by atoms with van der Waals surface area (Å²) in [7, 11) is 3.09. The Morgan fingerprint density at radius 2 is 1.46 bits per heavy atom. The molecule has 2 atom stereocenters. The van der Waals surface area contributed by atoms with Crippen LogP contribution in [0, 0.1) is 0 Å². The molecule has 0 aliphatic heterocycles. The van der Waals surface area contributed by atoms with E-state index in [0.717, 1.165) is 44.1 Å². The van der Waals surface area contributed by atoms with Crippen LogP contribution in [-0.4, -0.2) is 43.5 Å². The van der Waals surface area contributed by atoms with Crippen LogP contribution in [0.5, 0.6) is 0 Å². The molecule has 35 heavy (non-hydrogen) atoms. The maximum Gasteiger partial charge on any atom is 0.309 e. The van der Waals surface area contributed by atoms with Crippen molar-refractivity contribution in [3.63, 3.8) is 0 Å². The van der Waals surface area contributed by atoms with Gasteiger partial charge in [-0.15, -0.1) is 0 Å². The Morgan fingerprint density at radius 1 is 0.857 bits per heavy atom. The van der Waals surface area contributed by atoms with Crippen molar-refractivity contribution in [1.29, 1.82) is 0 Å². The third kappa shape index (κ3) is 14.8. The number of carbonyl (C=O) groups excluding carboxylic acids is 3. The summed E-state index contributed by atoms with van der Waals surface area (Å²) in [6.45, 7) is 7.60. The Hall–Kier alpha value is -2.05. The van der Waals surface area contributed by atoms with Crippen LogP contribution in [0.4, 0.5) is 0 Å². The van der Waals surface area contributed by atoms with Gasteiger partial charge in [-0.25, -0.2) is 0 Å². The van der Waals surface area contributed by atoms with E-state index in [1.165, 1.54) is 33.3 Å². The van der Waals surface area contributed by atoms with Gasteiger partial charge in [-0.1, -0.05) is 95.5 Å². The van der Waals surface area contributed by atoms with Gasteiger partial charge < -0.3 is 14.2 Å². The maximum absolute atomic E-state index is 12.1. The van der Waals surface area contributed by atoms with Crippen molar-refractivity contribution in [2.75, 3.05) is 14.2 Å². The standard InChI is InChI=1S/C19H28O4.C10H20O2/c1-4-5-6-10-13-19(22-3,16(2)20)14-18(21)23-15-17-11-8-7-9-12-17;1-4-5-6-7-8-10(12-3)9(2)11/h7-9,11-12H,4-6,10,13-15H2,1-3H3;10H,4-8H2,1-3H3. The number of ether oxygens (including phenoxy) is 3. The molecule has 1 aromatic carbocycles. The Balaban J connectivity index is 0.000000814. The summed E-state index contributed by atoms with van der Waals surface area (Å²) in [5.41, 5.74) is -0.128. The fourth-order valence-corrected chi connectivity index (χ4v) is 3.81. The SMILES string of the molecule is CCCCCCC(CC(=O)OCc1ccccc1)(OC)C(C)=O.CCCCCCC(OC)C(C)=O. The highest BCUT2D eigenvalue weighted by Gasteiger charge is 2.38. The van der Waals surface area contributed by atoms with Gasteiger partial charge in [0.05, 0.1) is 6.42 Å². The predicted molar refractivity (Wildman–Crippen MR) is 140 cm³/mol. The topological polar surface area (TPSA) is 78.9 Å². The van der Waals surface area contributed by atoms with E-state index in [0.29, 0.717) is 6.42 Å². The number of ketones is 2. The van der Waals surface area contributed by atoms with Gasteiger partial charge in [0.1, 0.15) is 18.3 Å². The first-order valence-corrected chi connectivity index (χ1v) is 13.0. The average molecular weight is 493 g/mol. The molecule has 0 bridgehead atoms. The highest BCUT2D eigenvalue weighted by Crippen LogP contribution is 2.26. The van der Waals surface area contributed by atoms with E-state index in [-0.39, 0.29) is 30.7 Å². The van der Waals surface area contributed by atoms with E-state index < -0.39 is 11.6 Å². The molecule has 0 amide bonds. The van der Waals surface area contributed by atoms with Crippen molar-refractivity contribution < 1.29 is 28.6 Å². The summed E-state index contributed by atoms with van der Waals surface area (Å²) in [6.07, 6.45) is 10.2. The largest absolute Gasteiger partial charge is 0.461 e. The second-order valence-corrected chi connectivity index (χ2v) is 9.07. The lowest BCUT2D eigenvalue weighted by Gasteiger charge is -2.29. The third-order valence-corrected chi connectivity index (χ3v) is 6.20. The average Bonchev–Trinajstić information content (AvgIpc) is 2.85. The van der Waals surface area contributed by atoms with Crippen LogP contribution in [0.15, 0.2) is 30.3 Å². The van der Waals surface area contributed by atoms with Gasteiger partial charge in [0.15, 0.2) is 11.6 Å². The molecule has 6 nitrogen and oxygen atoms in total. The Morgan fingerprint density at radius 3 is 1.94 bits per heavy atom. The molecular weight excluding hydrogens is 444 g/mol. The van der Waals surface area contributed by atoms with E-state index in [1.54, 1.807) is 14.0 Å². The minimum absolute atomic E-state index is 0.0300. The second-order valence-electron chi connectivity index (χ2n) is 9.07. The number of hydrogen-bond acceptors (Lipinski definition) is 6. The lowest BCUT2D eigenvalue weighted by Crippen LogP contribution is -2.41. The molecule has 0 spiro atoms. The Kier molecular flexibility index (Phi) is 19.0. The van der Waals surface area contributed by atoms with Crippen molar-refractivity contribution in [3.8, 4) is 0 Å². The molecule has 0 fully saturated rings. The van der Waals surface area contributed by atoms with Gasteiger partial charge in [-0.2, -0.15) is 0 Å². The summed E-state index contributed by atoms with van der Waals surface area (Å²) in [5, 5.41) is 0. The summed E-state index contributed by atoms with van der Waals surface area (Å²) in [5.74, 6) is -0.372. The van der Waals surface area contributed by atoms with Crippen molar-refractivity contribution >= 4 is 17.5 Å². The van der Waals surface area contributed by atoms with E-state index in [1.807, 2.05) is 30.3 Å². The summed E-state index contributed by atoms with van der Waals surface area (Å²) in [6, 6.07) is 9.49. The molecule has 200 valence electrons. The quantitative estimate of drug-likeness (QED) is 0.169. The molecule has 0 saturated carbocycles. The minimum atomic E-state index is -1.05. The molecule has 2 unspecified atom stereocenters. The number of hydrogen-bond donors (Lipinski definition) is 0. The molecule has 1 aromatic rings. The second kappa shape index (κ2) is 20.2. The smallest absolute Gasteiger partial charge is 0.309 e. The summed E-state index contributed by atoms with van der Waals surface area (Å²) < 4.78 is 15.8. The maximum atomic E-state index is 12.1. The molecule has 1 rings (SSSR count). The number of methoxy groups -OCH3 is 2. The molecule has 6 heteroatoms. The lowest BCUT2D eigenvalue weighted by molar-refractivity contribution is -0.159. The van der Waals surface area contributed by atoms with Crippen LogP contribution in [0.25, 0.3) is 0 Å². The molecule has 0 heterocycles. The van der Waals surface area contributed by atoms with Crippen LogP contribution < -0.4 is 0 Å². The van der Waals surface area contributed by atoms with Gasteiger partial charge in [0.2, 0.25) is 0 Å². The fraction of sp³-hybridized carbons (Fsp3) is 0.690. The highest BCUT2D eigenvalue weighted by molar-refractivity contribution is 5.89. The van der Waals surface area contributed by atoms with Crippen LogP contribution in [-0.2, 0) is 35.2 Å². The number of esters is 1. The van der Waals surface area contributed by atoms with Crippen molar-refractivity contribution in [1.82, 2.24) is 0 Å². The number of Topliss-reactive ketones (excluding diaryl/α,β-unsaturated/α-hetero) is 2. The number of unbranched alkanes of at least 4 members (excludes halogenated alkanes) is 6. The van der Waals surface area contributed by atoms with E-state index in [4.69, 9.17) is 14.2 Å². The number of carbonyl (C=O) groups is 3. The number of rotatable bonds is 18. The van der Waals surface area contributed by atoms with Crippen molar-refractivity contribution in [2.24, 2.45) is 0 Å². The normalized spacial score (nSPS) is 13.2. The van der Waals surface area contributed by atoms with Gasteiger partial charge in [-0.05, 0) is 32.3 Å². The van der Waals surface area contributed by atoms with Crippen molar-refractivity contribution in [2.45, 2.75) is 117 Å². The Labute approximate surface area is 213 Å². The highest BCUT2D eigenvalue weighted by atomic mass is 16.5. The first-order chi connectivity index (χ1) is 16.8.